The van der Waals surface area contributed by atoms with E-state index in [4.69, 9.17) is 0 Å². The van der Waals surface area contributed by atoms with Gasteiger partial charge in [0.15, 0.2) is 0 Å². The summed E-state index contributed by atoms with van der Waals surface area (Å²) in [6, 6.07) is 2.22. The Hall–Kier alpha value is -1.86. The van der Waals surface area contributed by atoms with E-state index >= 15 is 0 Å². The molecule has 1 aromatic rings. The van der Waals surface area contributed by atoms with Crippen LogP contribution >= 0.6 is 0 Å². The van der Waals surface area contributed by atoms with Crippen molar-refractivity contribution >= 4 is 0 Å². The van der Waals surface area contributed by atoms with Gasteiger partial charge in [-0.25, -0.2) is 0 Å². The average molecular weight is 299 g/mol. The number of benzene rings is 1. The molecule has 0 spiro atoms. The molecule has 0 fully saturated rings. The summed E-state index contributed by atoms with van der Waals surface area (Å²) in [5.41, 5.74) is -0.223. The van der Waals surface area contributed by atoms with Gasteiger partial charge >= 0.3 is 12.7 Å². The van der Waals surface area contributed by atoms with Crippen LogP contribution in [-0.2, 0) is 0 Å². The lowest BCUT2D eigenvalue weighted by Crippen LogP contribution is -2.19. The maximum absolute atomic E-state index is 12.2. The molecule has 0 saturated heterocycles. The second-order valence-corrected chi connectivity index (χ2v) is 3.64. The van der Waals surface area contributed by atoms with Crippen LogP contribution in [0.15, 0.2) is 30.9 Å². The molecule has 0 aliphatic heterocycles. The highest BCUT2D eigenvalue weighted by molar-refractivity contribution is 5.44. The maximum atomic E-state index is 12.2. The number of hydrogen-bond donors (Lipinski definition) is 0. The molecule has 0 N–H and O–H groups in total. The summed E-state index contributed by atoms with van der Waals surface area (Å²) in [5.74, 6) is -2.23. The van der Waals surface area contributed by atoms with Crippen molar-refractivity contribution < 1.29 is 35.8 Å². The van der Waals surface area contributed by atoms with Crippen LogP contribution in [0.3, 0.4) is 0 Å². The SMILES string of the molecule is [CH2]C(C=C)c1cc(OC(F)(F)F)ccc1OC(F)(F)F. The Balaban J connectivity index is 3.16. The molecular formula is C12H9F6O2. The van der Waals surface area contributed by atoms with E-state index in [0.717, 1.165) is 18.2 Å². The summed E-state index contributed by atoms with van der Waals surface area (Å²) in [4.78, 5) is 0. The van der Waals surface area contributed by atoms with Gasteiger partial charge in [-0.05, 0) is 25.1 Å². The molecule has 1 atom stereocenters. The van der Waals surface area contributed by atoms with E-state index in [2.05, 4.69) is 23.0 Å². The summed E-state index contributed by atoms with van der Waals surface area (Å²) in [7, 11) is 0. The Morgan fingerprint density at radius 1 is 1.00 bits per heavy atom. The van der Waals surface area contributed by atoms with Gasteiger partial charge in [-0.2, -0.15) is 0 Å². The molecule has 0 saturated carbocycles. The van der Waals surface area contributed by atoms with Crippen LogP contribution in [0.5, 0.6) is 11.5 Å². The Bertz CT molecular complexity index is 478. The zero-order valence-electron chi connectivity index (χ0n) is 9.89. The standard InChI is InChI=1S/C12H9F6O2/c1-3-7(2)9-6-8(19-11(13,14)15)4-5-10(9)20-12(16,17)18/h3-7H,1-2H2. The van der Waals surface area contributed by atoms with Gasteiger partial charge in [-0.1, -0.05) is 6.08 Å². The number of allylic oxidation sites excluding steroid dienone is 1. The highest BCUT2D eigenvalue weighted by atomic mass is 19.4. The van der Waals surface area contributed by atoms with Crippen LogP contribution in [0, 0.1) is 6.92 Å². The summed E-state index contributed by atoms with van der Waals surface area (Å²) in [6.45, 7) is 6.77. The van der Waals surface area contributed by atoms with Crippen LogP contribution < -0.4 is 9.47 Å². The van der Waals surface area contributed by atoms with Gasteiger partial charge in [0.25, 0.3) is 0 Å². The summed E-state index contributed by atoms with van der Waals surface area (Å²) in [6.07, 6.45) is -8.76. The molecule has 0 amide bonds. The normalized spacial score (nSPS) is 13.8. The molecule has 0 heterocycles. The predicted octanol–water partition coefficient (Wildman–Crippen LogP) is 4.59. The van der Waals surface area contributed by atoms with Gasteiger partial charge in [-0.3, -0.25) is 0 Å². The van der Waals surface area contributed by atoms with Crippen molar-refractivity contribution in [3.8, 4) is 11.5 Å². The second-order valence-electron chi connectivity index (χ2n) is 3.64. The molecule has 1 aromatic carbocycles. The molecule has 1 unspecified atom stereocenters. The summed E-state index contributed by atoms with van der Waals surface area (Å²) >= 11 is 0. The zero-order valence-corrected chi connectivity index (χ0v) is 9.89. The highest BCUT2D eigenvalue weighted by Gasteiger charge is 2.34. The lowest BCUT2D eigenvalue weighted by Gasteiger charge is -2.17. The minimum absolute atomic E-state index is 0.223. The van der Waals surface area contributed by atoms with Crippen LogP contribution in [0.1, 0.15) is 11.5 Å². The lowest BCUT2D eigenvalue weighted by molar-refractivity contribution is -0.277. The van der Waals surface area contributed by atoms with Crippen LogP contribution in [0.25, 0.3) is 0 Å². The molecular weight excluding hydrogens is 290 g/mol. The molecule has 1 radical (unpaired) electrons. The fourth-order valence-corrected chi connectivity index (χ4v) is 1.36. The highest BCUT2D eigenvalue weighted by Crippen LogP contribution is 2.35. The van der Waals surface area contributed by atoms with Crippen molar-refractivity contribution in [3.05, 3.63) is 43.3 Å². The van der Waals surface area contributed by atoms with Crippen molar-refractivity contribution in [1.29, 1.82) is 0 Å². The summed E-state index contributed by atoms with van der Waals surface area (Å²) in [5, 5.41) is 0. The number of ether oxygens (including phenoxy) is 2. The third-order valence-corrected chi connectivity index (χ3v) is 2.12. The Morgan fingerprint density at radius 3 is 2.00 bits per heavy atom. The second kappa shape index (κ2) is 5.64. The number of alkyl halides is 6. The first-order valence-electron chi connectivity index (χ1n) is 5.13. The van der Waals surface area contributed by atoms with E-state index in [1.165, 1.54) is 0 Å². The molecule has 0 aliphatic carbocycles. The summed E-state index contributed by atoms with van der Waals surface area (Å²) < 4.78 is 80.1. The molecule has 2 nitrogen and oxygen atoms in total. The number of rotatable bonds is 4. The maximum Gasteiger partial charge on any atom is 0.573 e. The minimum atomic E-state index is -4.97. The van der Waals surface area contributed by atoms with Crippen LogP contribution in [0.2, 0.25) is 0 Å². The van der Waals surface area contributed by atoms with Gasteiger partial charge in [0, 0.05) is 11.5 Å². The third kappa shape index (κ3) is 5.02. The van der Waals surface area contributed by atoms with E-state index in [1.54, 1.807) is 0 Å². The van der Waals surface area contributed by atoms with Crippen molar-refractivity contribution in [2.45, 2.75) is 18.6 Å². The van der Waals surface area contributed by atoms with Crippen LogP contribution in [-0.4, -0.2) is 12.7 Å². The van der Waals surface area contributed by atoms with Crippen molar-refractivity contribution in [3.63, 3.8) is 0 Å². The molecule has 0 aromatic heterocycles. The van der Waals surface area contributed by atoms with E-state index in [-0.39, 0.29) is 5.56 Å². The topological polar surface area (TPSA) is 18.5 Å². The van der Waals surface area contributed by atoms with E-state index in [0.29, 0.717) is 6.07 Å². The Labute approximate surface area is 110 Å². The first kappa shape index (κ1) is 16.2. The quantitative estimate of drug-likeness (QED) is 0.598. The molecule has 111 valence electrons. The molecule has 0 bridgehead atoms. The first-order chi connectivity index (χ1) is 9.02. The van der Waals surface area contributed by atoms with Gasteiger partial charge in [0.1, 0.15) is 11.5 Å². The van der Waals surface area contributed by atoms with Gasteiger partial charge < -0.3 is 9.47 Å². The molecule has 8 heteroatoms. The third-order valence-electron chi connectivity index (χ3n) is 2.12. The number of halogens is 6. The lowest BCUT2D eigenvalue weighted by atomic mass is 10.00. The number of hydrogen-bond acceptors (Lipinski definition) is 2. The minimum Gasteiger partial charge on any atom is -0.406 e. The predicted molar refractivity (Wildman–Crippen MR) is 58.1 cm³/mol. The van der Waals surface area contributed by atoms with Crippen molar-refractivity contribution in [2.75, 3.05) is 0 Å². The Kier molecular flexibility index (Phi) is 4.57. The molecule has 0 aliphatic rings. The Morgan fingerprint density at radius 2 is 1.55 bits per heavy atom. The fourth-order valence-electron chi connectivity index (χ4n) is 1.36. The van der Waals surface area contributed by atoms with Crippen LogP contribution in [0.4, 0.5) is 26.3 Å². The first-order valence-corrected chi connectivity index (χ1v) is 5.13. The smallest absolute Gasteiger partial charge is 0.406 e. The molecule has 20 heavy (non-hydrogen) atoms. The average Bonchev–Trinajstić information content (AvgIpc) is 2.26. The van der Waals surface area contributed by atoms with Gasteiger partial charge in [-0.15, -0.1) is 32.9 Å². The van der Waals surface area contributed by atoms with Crippen molar-refractivity contribution in [1.82, 2.24) is 0 Å². The van der Waals surface area contributed by atoms with E-state index in [9.17, 15) is 26.3 Å². The largest absolute Gasteiger partial charge is 0.573 e. The zero-order chi connectivity index (χ0) is 15.6. The van der Waals surface area contributed by atoms with Gasteiger partial charge in [0.05, 0.1) is 0 Å². The molecule has 1 rings (SSSR count). The monoisotopic (exact) mass is 299 g/mol. The van der Waals surface area contributed by atoms with Crippen molar-refractivity contribution in [2.24, 2.45) is 0 Å². The fraction of sp³-hybridized carbons (Fsp3) is 0.250. The van der Waals surface area contributed by atoms with E-state index in [1.807, 2.05) is 0 Å². The van der Waals surface area contributed by atoms with Gasteiger partial charge in [0.2, 0.25) is 0 Å². The van der Waals surface area contributed by atoms with E-state index < -0.39 is 30.1 Å².